The average Bonchev–Trinajstić information content (AvgIpc) is 3.76. The molecule has 0 aliphatic heterocycles. The largest absolute Gasteiger partial charge is 0.310 e. The Hall–Kier alpha value is -7.68. The molecule has 0 saturated carbocycles. The summed E-state index contributed by atoms with van der Waals surface area (Å²) in [5.74, 6) is 0. The quantitative estimate of drug-likeness (QED) is 0.167. The summed E-state index contributed by atoms with van der Waals surface area (Å²) in [6, 6.07) is 84.7. The van der Waals surface area contributed by atoms with Gasteiger partial charge in [0.1, 0.15) is 0 Å². The summed E-state index contributed by atoms with van der Waals surface area (Å²) < 4.78 is 0. The molecule has 12 rings (SSSR count). The molecule has 276 valence electrons. The fraction of sp³-hybridized carbons (Fsp3) is 0.0175. The van der Waals surface area contributed by atoms with Crippen LogP contribution in [0.5, 0.6) is 0 Å². The molecule has 10 aromatic carbocycles. The van der Waals surface area contributed by atoms with E-state index in [1.807, 2.05) is 0 Å². The highest BCUT2D eigenvalue weighted by atomic mass is 15.1. The van der Waals surface area contributed by atoms with Gasteiger partial charge in [-0.1, -0.05) is 146 Å². The zero-order valence-electron chi connectivity index (χ0n) is 32.3. The summed E-state index contributed by atoms with van der Waals surface area (Å²) in [7, 11) is 0. The Morgan fingerprint density at radius 3 is 1.22 bits per heavy atom. The summed E-state index contributed by atoms with van der Waals surface area (Å²) in [6.07, 6.45) is 0. The van der Waals surface area contributed by atoms with Crippen molar-refractivity contribution in [3.05, 3.63) is 253 Å². The highest BCUT2D eigenvalue weighted by molar-refractivity contribution is 6.07. The van der Waals surface area contributed by atoms with E-state index in [0.717, 1.165) is 34.1 Å². The molecule has 0 unspecified atom stereocenters. The minimum absolute atomic E-state index is 0.500. The van der Waals surface area contributed by atoms with E-state index in [-0.39, 0.29) is 0 Å². The molecule has 2 nitrogen and oxygen atoms in total. The third-order valence-corrected chi connectivity index (χ3v) is 12.6. The SMILES string of the molecule is c1ccc(N(c2ccccc2)c2ccc3cc4c(cc3c2)C2(c3ccccc3-c3ccccc32)c2c-4ccc3cc(N(c4ccccc4)c4ccccc4)ccc23)cc1. The minimum atomic E-state index is -0.500. The van der Waals surface area contributed by atoms with Crippen LogP contribution in [-0.2, 0) is 5.41 Å². The predicted molar refractivity (Wildman–Crippen MR) is 247 cm³/mol. The molecular weight excluding hydrogens is 713 g/mol. The number of para-hydroxylation sites is 4. The van der Waals surface area contributed by atoms with Crippen molar-refractivity contribution >= 4 is 55.7 Å². The molecule has 0 amide bonds. The van der Waals surface area contributed by atoms with Gasteiger partial charge in [-0.2, -0.15) is 0 Å². The Labute approximate surface area is 344 Å². The van der Waals surface area contributed by atoms with Crippen molar-refractivity contribution in [2.24, 2.45) is 0 Å². The van der Waals surface area contributed by atoms with Gasteiger partial charge in [-0.05, 0) is 151 Å². The van der Waals surface area contributed by atoms with E-state index in [1.54, 1.807) is 0 Å². The normalized spacial score (nSPS) is 12.9. The second kappa shape index (κ2) is 13.2. The van der Waals surface area contributed by atoms with Crippen LogP contribution >= 0.6 is 0 Å². The van der Waals surface area contributed by atoms with Gasteiger partial charge in [0.15, 0.2) is 0 Å². The van der Waals surface area contributed by atoms with E-state index >= 15 is 0 Å². The molecular formula is C57H38N2. The van der Waals surface area contributed by atoms with Crippen LogP contribution < -0.4 is 9.80 Å². The Bertz CT molecular complexity index is 3090. The number of nitrogens with zero attached hydrogens (tertiary/aromatic N) is 2. The van der Waals surface area contributed by atoms with Crippen molar-refractivity contribution < 1.29 is 0 Å². The lowest BCUT2D eigenvalue weighted by Crippen LogP contribution is -2.26. The number of hydrogen-bond acceptors (Lipinski definition) is 2. The Morgan fingerprint density at radius 2 is 0.695 bits per heavy atom. The van der Waals surface area contributed by atoms with Crippen LogP contribution in [0.1, 0.15) is 22.3 Å². The van der Waals surface area contributed by atoms with E-state index in [1.165, 1.54) is 66.1 Å². The van der Waals surface area contributed by atoms with Gasteiger partial charge in [-0.25, -0.2) is 0 Å². The Morgan fingerprint density at radius 1 is 0.254 bits per heavy atom. The first-order valence-electron chi connectivity index (χ1n) is 20.4. The monoisotopic (exact) mass is 750 g/mol. The van der Waals surface area contributed by atoms with Crippen molar-refractivity contribution in [1.29, 1.82) is 0 Å². The number of benzene rings is 10. The zero-order chi connectivity index (χ0) is 38.9. The molecule has 0 bridgehead atoms. The molecule has 0 saturated heterocycles. The van der Waals surface area contributed by atoms with Crippen LogP contribution in [-0.4, -0.2) is 0 Å². The van der Waals surface area contributed by atoms with Gasteiger partial charge in [0.2, 0.25) is 0 Å². The van der Waals surface area contributed by atoms with E-state index in [4.69, 9.17) is 0 Å². The van der Waals surface area contributed by atoms with Gasteiger partial charge in [-0.3, -0.25) is 0 Å². The van der Waals surface area contributed by atoms with Crippen LogP contribution in [0.15, 0.2) is 231 Å². The van der Waals surface area contributed by atoms with Crippen molar-refractivity contribution in [3.8, 4) is 22.3 Å². The van der Waals surface area contributed by atoms with Crippen molar-refractivity contribution in [3.63, 3.8) is 0 Å². The van der Waals surface area contributed by atoms with Gasteiger partial charge < -0.3 is 9.80 Å². The van der Waals surface area contributed by atoms with Crippen LogP contribution in [0.4, 0.5) is 34.1 Å². The first-order chi connectivity index (χ1) is 29.3. The van der Waals surface area contributed by atoms with Crippen molar-refractivity contribution in [2.45, 2.75) is 5.41 Å². The standard InChI is InChI=1S/C57H38N2/c1-5-17-42(18-6-1)58(43-19-7-2-8-20-43)46-31-29-39-37-52-51-33-30-40-35-47(59(44-21-9-3-10-22-44)45-23-11-4-12-24-45)32-34-48(40)56(51)57(55(52)38-41(39)36-46)53-27-15-13-25-49(53)50-26-14-16-28-54(50)57/h1-38H. The molecule has 2 heteroatoms. The zero-order valence-corrected chi connectivity index (χ0v) is 32.3. The van der Waals surface area contributed by atoms with E-state index < -0.39 is 5.41 Å². The molecule has 0 N–H and O–H groups in total. The average molecular weight is 751 g/mol. The van der Waals surface area contributed by atoms with Gasteiger partial charge >= 0.3 is 0 Å². The fourth-order valence-corrected chi connectivity index (χ4v) is 10.2. The summed E-state index contributed by atoms with van der Waals surface area (Å²) in [4.78, 5) is 4.71. The highest BCUT2D eigenvalue weighted by Gasteiger charge is 2.52. The maximum absolute atomic E-state index is 2.51. The van der Waals surface area contributed by atoms with Crippen LogP contribution in [0.3, 0.4) is 0 Å². The number of anilines is 6. The maximum atomic E-state index is 2.51. The molecule has 0 fully saturated rings. The fourth-order valence-electron chi connectivity index (χ4n) is 10.2. The van der Waals surface area contributed by atoms with Gasteiger partial charge in [0.05, 0.1) is 5.41 Å². The molecule has 10 aromatic rings. The lowest BCUT2D eigenvalue weighted by atomic mass is 9.69. The smallest absolute Gasteiger partial charge is 0.0731 e. The van der Waals surface area contributed by atoms with E-state index in [9.17, 15) is 0 Å². The van der Waals surface area contributed by atoms with Crippen LogP contribution in [0.2, 0.25) is 0 Å². The predicted octanol–water partition coefficient (Wildman–Crippen LogP) is 15.3. The number of hydrogen-bond donors (Lipinski definition) is 0. The minimum Gasteiger partial charge on any atom is -0.310 e. The lowest BCUT2D eigenvalue weighted by Gasteiger charge is -2.32. The molecule has 0 atom stereocenters. The van der Waals surface area contributed by atoms with Crippen LogP contribution in [0, 0.1) is 0 Å². The highest BCUT2D eigenvalue weighted by Crippen LogP contribution is 2.64. The maximum Gasteiger partial charge on any atom is 0.0731 e. The van der Waals surface area contributed by atoms with Crippen molar-refractivity contribution in [1.82, 2.24) is 0 Å². The summed E-state index contributed by atoms with van der Waals surface area (Å²) in [5, 5.41) is 4.95. The van der Waals surface area contributed by atoms with Gasteiger partial charge in [0.25, 0.3) is 0 Å². The Kier molecular flexibility index (Phi) is 7.48. The van der Waals surface area contributed by atoms with Crippen molar-refractivity contribution in [2.75, 3.05) is 9.80 Å². The molecule has 0 heterocycles. The summed E-state index contributed by atoms with van der Waals surface area (Å²) >= 11 is 0. The second-order valence-corrected chi connectivity index (χ2v) is 15.7. The van der Waals surface area contributed by atoms with Crippen LogP contribution in [0.25, 0.3) is 43.8 Å². The summed E-state index contributed by atoms with van der Waals surface area (Å²) in [5.41, 5.74) is 16.9. The van der Waals surface area contributed by atoms with E-state index in [2.05, 4.69) is 240 Å². The van der Waals surface area contributed by atoms with Gasteiger partial charge in [0, 0.05) is 34.1 Å². The topological polar surface area (TPSA) is 6.48 Å². The number of fused-ring (bicyclic) bond motifs is 13. The second-order valence-electron chi connectivity index (χ2n) is 15.7. The summed E-state index contributed by atoms with van der Waals surface area (Å²) in [6.45, 7) is 0. The number of rotatable bonds is 6. The third kappa shape index (κ3) is 5.00. The molecule has 2 aliphatic carbocycles. The molecule has 2 aliphatic rings. The lowest BCUT2D eigenvalue weighted by molar-refractivity contribution is 0.802. The first-order valence-corrected chi connectivity index (χ1v) is 20.4. The first kappa shape index (κ1) is 33.5. The molecule has 59 heavy (non-hydrogen) atoms. The molecule has 0 radical (unpaired) electrons. The van der Waals surface area contributed by atoms with E-state index in [0.29, 0.717) is 0 Å². The molecule has 1 spiro atoms. The third-order valence-electron chi connectivity index (χ3n) is 12.6. The van der Waals surface area contributed by atoms with Gasteiger partial charge in [-0.15, -0.1) is 0 Å². The Balaban J connectivity index is 1.11. The molecule has 0 aromatic heterocycles.